The lowest BCUT2D eigenvalue weighted by Crippen LogP contribution is -2.31. The van der Waals surface area contributed by atoms with Crippen molar-refractivity contribution < 1.29 is 19.1 Å². The molecule has 0 saturated carbocycles. The normalized spacial score (nSPS) is 13.9. The van der Waals surface area contributed by atoms with Gasteiger partial charge in [0.15, 0.2) is 0 Å². The van der Waals surface area contributed by atoms with E-state index in [1.165, 1.54) is 12.0 Å². The summed E-state index contributed by atoms with van der Waals surface area (Å²) >= 11 is 0. The van der Waals surface area contributed by atoms with E-state index in [0.717, 1.165) is 29.5 Å². The number of methoxy groups -OCH3 is 1. The topological polar surface area (TPSA) is 75.7 Å². The molecule has 0 spiro atoms. The SMILES string of the molecule is CCc1cc(C(=O)OC)cc(CC)c1CC(=O)N1CNC(=O)C1. The molecule has 1 aliphatic heterocycles. The molecule has 23 heavy (non-hydrogen) atoms. The first-order valence-corrected chi connectivity index (χ1v) is 7.77. The molecule has 0 unspecified atom stereocenters. The van der Waals surface area contributed by atoms with Crippen LogP contribution in [0.25, 0.3) is 0 Å². The number of nitrogens with one attached hydrogen (secondary N) is 1. The minimum atomic E-state index is -0.374. The number of nitrogens with zero attached hydrogens (tertiary/aromatic N) is 1. The van der Waals surface area contributed by atoms with Crippen molar-refractivity contribution in [3.63, 3.8) is 0 Å². The van der Waals surface area contributed by atoms with E-state index in [0.29, 0.717) is 5.56 Å². The third kappa shape index (κ3) is 3.70. The molecule has 0 aliphatic carbocycles. The van der Waals surface area contributed by atoms with Gasteiger partial charge >= 0.3 is 5.97 Å². The number of rotatable bonds is 5. The predicted octanol–water partition coefficient (Wildman–Crippen LogP) is 1.06. The summed E-state index contributed by atoms with van der Waals surface area (Å²) < 4.78 is 4.79. The molecule has 1 aromatic carbocycles. The molecule has 0 atom stereocenters. The first kappa shape index (κ1) is 17.0. The van der Waals surface area contributed by atoms with Crippen molar-refractivity contribution in [2.75, 3.05) is 20.3 Å². The van der Waals surface area contributed by atoms with Crippen LogP contribution < -0.4 is 5.32 Å². The van der Waals surface area contributed by atoms with Crippen LogP contribution in [0.5, 0.6) is 0 Å². The third-order valence-electron chi connectivity index (χ3n) is 4.10. The van der Waals surface area contributed by atoms with Gasteiger partial charge in [0.2, 0.25) is 11.8 Å². The fraction of sp³-hybridized carbons (Fsp3) is 0.471. The van der Waals surface area contributed by atoms with Gasteiger partial charge in [-0.05, 0) is 41.7 Å². The van der Waals surface area contributed by atoms with E-state index in [4.69, 9.17) is 4.74 Å². The number of hydrogen-bond acceptors (Lipinski definition) is 4. The van der Waals surface area contributed by atoms with Crippen LogP contribution in [0.2, 0.25) is 0 Å². The molecule has 0 radical (unpaired) electrons. The van der Waals surface area contributed by atoms with Crippen molar-refractivity contribution in [1.82, 2.24) is 10.2 Å². The molecule has 1 aliphatic rings. The van der Waals surface area contributed by atoms with Gasteiger partial charge in [0.1, 0.15) is 6.54 Å². The molecule has 6 heteroatoms. The minimum absolute atomic E-state index is 0.0847. The molecule has 2 rings (SSSR count). The quantitative estimate of drug-likeness (QED) is 0.824. The van der Waals surface area contributed by atoms with E-state index < -0.39 is 0 Å². The van der Waals surface area contributed by atoms with Gasteiger partial charge in [0.05, 0.1) is 25.8 Å². The molecule has 2 amide bonds. The van der Waals surface area contributed by atoms with Crippen LogP contribution in [0.3, 0.4) is 0 Å². The number of carbonyl (C=O) groups excluding carboxylic acids is 3. The van der Waals surface area contributed by atoms with Crippen molar-refractivity contribution in [3.8, 4) is 0 Å². The Balaban J connectivity index is 2.31. The van der Waals surface area contributed by atoms with Crippen molar-refractivity contribution in [1.29, 1.82) is 0 Å². The predicted molar refractivity (Wildman–Crippen MR) is 85.0 cm³/mol. The Labute approximate surface area is 135 Å². The number of aryl methyl sites for hydroxylation is 2. The largest absolute Gasteiger partial charge is 0.465 e. The first-order valence-electron chi connectivity index (χ1n) is 7.77. The van der Waals surface area contributed by atoms with Crippen molar-refractivity contribution >= 4 is 17.8 Å². The van der Waals surface area contributed by atoms with Crippen molar-refractivity contribution in [3.05, 3.63) is 34.4 Å². The van der Waals surface area contributed by atoms with E-state index in [2.05, 4.69) is 5.32 Å². The van der Waals surface area contributed by atoms with Gasteiger partial charge in [0.25, 0.3) is 0 Å². The Hall–Kier alpha value is -2.37. The van der Waals surface area contributed by atoms with Gasteiger partial charge in [-0.25, -0.2) is 4.79 Å². The second-order valence-electron chi connectivity index (χ2n) is 5.50. The molecule has 1 heterocycles. The highest BCUT2D eigenvalue weighted by Crippen LogP contribution is 2.22. The summed E-state index contributed by atoms with van der Waals surface area (Å²) in [6.45, 7) is 4.36. The fourth-order valence-electron chi connectivity index (χ4n) is 2.80. The molecule has 1 saturated heterocycles. The molecule has 1 N–H and O–H groups in total. The Morgan fingerprint density at radius 2 is 1.83 bits per heavy atom. The highest BCUT2D eigenvalue weighted by atomic mass is 16.5. The molecule has 0 bridgehead atoms. The van der Waals surface area contributed by atoms with Gasteiger partial charge in [0, 0.05) is 0 Å². The lowest BCUT2D eigenvalue weighted by atomic mass is 9.92. The summed E-state index contributed by atoms with van der Waals surface area (Å²) in [6, 6.07) is 3.59. The Morgan fingerprint density at radius 1 is 1.22 bits per heavy atom. The molecule has 1 aromatic rings. The zero-order valence-corrected chi connectivity index (χ0v) is 13.8. The highest BCUT2D eigenvalue weighted by Gasteiger charge is 2.25. The average Bonchev–Trinajstić information content (AvgIpc) is 3.00. The molecular weight excluding hydrogens is 296 g/mol. The van der Waals surface area contributed by atoms with E-state index in [9.17, 15) is 14.4 Å². The summed E-state index contributed by atoms with van der Waals surface area (Å²) in [4.78, 5) is 37.0. The Bertz CT molecular complexity index is 614. The van der Waals surface area contributed by atoms with Crippen LogP contribution in [-0.4, -0.2) is 43.0 Å². The zero-order chi connectivity index (χ0) is 17.0. The van der Waals surface area contributed by atoms with Crippen molar-refractivity contribution in [2.24, 2.45) is 0 Å². The number of benzene rings is 1. The second-order valence-corrected chi connectivity index (χ2v) is 5.50. The maximum atomic E-state index is 12.4. The third-order valence-corrected chi connectivity index (χ3v) is 4.10. The van der Waals surface area contributed by atoms with Crippen LogP contribution in [0.1, 0.15) is 40.9 Å². The number of carbonyl (C=O) groups is 3. The lowest BCUT2D eigenvalue weighted by Gasteiger charge is -2.18. The number of hydrogen-bond donors (Lipinski definition) is 1. The molecule has 0 aromatic heterocycles. The minimum Gasteiger partial charge on any atom is -0.465 e. The number of esters is 1. The summed E-state index contributed by atoms with van der Waals surface area (Å²) in [5.41, 5.74) is 3.40. The highest BCUT2D eigenvalue weighted by molar-refractivity contribution is 5.91. The van der Waals surface area contributed by atoms with Crippen LogP contribution in [0.4, 0.5) is 0 Å². The van der Waals surface area contributed by atoms with Gasteiger partial charge < -0.3 is 15.0 Å². The zero-order valence-electron chi connectivity index (χ0n) is 13.8. The molecular formula is C17H22N2O4. The van der Waals surface area contributed by atoms with Crippen LogP contribution in [-0.2, 0) is 33.6 Å². The van der Waals surface area contributed by atoms with Crippen molar-refractivity contribution in [2.45, 2.75) is 33.1 Å². The average molecular weight is 318 g/mol. The second kappa shape index (κ2) is 7.26. The smallest absolute Gasteiger partial charge is 0.337 e. The summed E-state index contributed by atoms with van der Waals surface area (Å²) in [5, 5.41) is 2.63. The van der Waals surface area contributed by atoms with E-state index in [1.54, 1.807) is 12.1 Å². The lowest BCUT2D eigenvalue weighted by molar-refractivity contribution is -0.131. The van der Waals surface area contributed by atoms with E-state index in [1.807, 2.05) is 13.8 Å². The van der Waals surface area contributed by atoms with Crippen LogP contribution >= 0.6 is 0 Å². The number of ether oxygens (including phenoxy) is 1. The monoisotopic (exact) mass is 318 g/mol. The van der Waals surface area contributed by atoms with Gasteiger partial charge in [-0.3, -0.25) is 9.59 Å². The van der Waals surface area contributed by atoms with Gasteiger partial charge in [-0.15, -0.1) is 0 Å². The Morgan fingerprint density at radius 3 is 2.26 bits per heavy atom. The Kier molecular flexibility index (Phi) is 5.36. The van der Waals surface area contributed by atoms with Crippen LogP contribution in [0.15, 0.2) is 12.1 Å². The fourth-order valence-corrected chi connectivity index (χ4v) is 2.80. The molecule has 124 valence electrons. The van der Waals surface area contributed by atoms with Gasteiger partial charge in [-0.2, -0.15) is 0 Å². The molecule has 1 fully saturated rings. The number of amides is 2. The van der Waals surface area contributed by atoms with Crippen LogP contribution in [0, 0.1) is 0 Å². The molecule has 6 nitrogen and oxygen atoms in total. The first-order chi connectivity index (χ1) is 11.0. The standard InChI is InChI=1S/C17H22N2O4/c1-4-11-6-13(17(22)23-3)7-12(5-2)14(11)8-16(21)19-9-15(20)18-10-19/h6-7H,4-5,8-10H2,1-3H3,(H,18,20). The van der Waals surface area contributed by atoms with Gasteiger partial charge in [-0.1, -0.05) is 13.8 Å². The summed E-state index contributed by atoms with van der Waals surface area (Å²) in [5.74, 6) is -0.592. The summed E-state index contributed by atoms with van der Waals surface area (Å²) in [6.07, 6.45) is 1.68. The summed E-state index contributed by atoms with van der Waals surface area (Å²) in [7, 11) is 1.36. The maximum absolute atomic E-state index is 12.4. The van der Waals surface area contributed by atoms with E-state index >= 15 is 0 Å². The maximum Gasteiger partial charge on any atom is 0.337 e. The van der Waals surface area contributed by atoms with E-state index in [-0.39, 0.29) is 37.4 Å².